The Morgan fingerprint density at radius 2 is 1.61 bits per heavy atom. The van der Waals surface area contributed by atoms with Crippen molar-refractivity contribution in [1.82, 2.24) is 14.7 Å². The van der Waals surface area contributed by atoms with Gasteiger partial charge in [-0.3, -0.25) is 4.90 Å². The Bertz CT molecular complexity index is 547. The summed E-state index contributed by atoms with van der Waals surface area (Å²) in [5, 5.41) is 0. The third-order valence-electron chi connectivity index (χ3n) is 4.90. The Kier molecular flexibility index (Phi) is 5.18. The largest absolute Gasteiger partial charge is 0.378 e. The summed E-state index contributed by atoms with van der Waals surface area (Å²) in [7, 11) is 0. The van der Waals surface area contributed by atoms with Crippen molar-refractivity contribution in [2.24, 2.45) is 0 Å². The molecule has 0 spiro atoms. The molecule has 2 aliphatic rings. The molecule has 2 heterocycles. The normalized spacial score (nSPS) is 19.9. The van der Waals surface area contributed by atoms with Gasteiger partial charge < -0.3 is 14.5 Å². The van der Waals surface area contributed by atoms with Crippen LogP contribution in [0.3, 0.4) is 0 Å². The minimum absolute atomic E-state index is 0.180. The van der Waals surface area contributed by atoms with Gasteiger partial charge in [-0.05, 0) is 30.5 Å². The molecule has 0 N–H and O–H groups in total. The number of morpholine rings is 1. The summed E-state index contributed by atoms with van der Waals surface area (Å²) < 4.78 is 5.32. The number of nitrogens with zero attached hydrogens (tertiary/aromatic N) is 3. The highest BCUT2D eigenvalue weighted by Crippen LogP contribution is 2.14. The summed E-state index contributed by atoms with van der Waals surface area (Å²) in [4.78, 5) is 18.8. The van der Waals surface area contributed by atoms with Gasteiger partial charge >= 0.3 is 6.03 Å². The average molecular weight is 317 g/mol. The number of piperazine rings is 1. The van der Waals surface area contributed by atoms with Crippen molar-refractivity contribution in [3.63, 3.8) is 0 Å². The fourth-order valence-corrected chi connectivity index (χ4v) is 3.21. The first-order valence-corrected chi connectivity index (χ1v) is 8.53. The van der Waals surface area contributed by atoms with Crippen LogP contribution in [0, 0.1) is 13.8 Å². The number of rotatable bonds is 2. The van der Waals surface area contributed by atoms with Crippen LogP contribution in [0.2, 0.25) is 0 Å². The number of amides is 2. The van der Waals surface area contributed by atoms with Crippen LogP contribution in [0.4, 0.5) is 4.79 Å². The van der Waals surface area contributed by atoms with Gasteiger partial charge in [0.2, 0.25) is 0 Å². The number of aryl methyl sites for hydroxylation is 2. The number of urea groups is 1. The number of carbonyl (C=O) groups is 1. The third-order valence-corrected chi connectivity index (χ3v) is 4.90. The fraction of sp³-hybridized carbons (Fsp3) is 0.611. The molecule has 1 aromatic rings. The molecule has 3 rings (SSSR count). The van der Waals surface area contributed by atoms with Gasteiger partial charge in [0.1, 0.15) is 0 Å². The minimum atomic E-state index is 0.180. The highest BCUT2D eigenvalue weighted by atomic mass is 16.5. The molecule has 126 valence electrons. The van der Waals surface area contributed by atoms with Crippen LogP contribution in [-0.2, 0) is 11.3 Å². The Morgan fingerprint density at radius 3 is 2.26 bits per heavy atom. The number of ether oxygens (including phenoxy) is 1. The summed E-state index contributed by atoms with van der Waals surface area (Å²) in [6.45, 7) is 11.6. The lowest BCUT2D eigenvalue weighted by Gasteiger charge is -2.38. The molecular weight excluding hydrogens is 290 g/mol. The first kappa shape index (κ1) is 16.3. The van der Waals surface area contributed by atoms with E-state index in [9.17, 15) is 4.79 Å². The smallest absolute Gasteiger partial charge is 0.320 e. The molecule has 5 heteroatoms. The van der Waals surface area contributed by atoms with E-state index in [2.05, 4.69) is 36.9 Å². The predicted octanol–water partition coefficient (Wildman–Crippen LogP) is 1.87. The molecule has 2 saturated heterocycles. The highest BCUT2D eigenvalue weighted by molar-refractivity contribution is 5.74. The summed E-state index contributed by atoms with van der Waals surface area (Å²) in [5.74, 6) is 0. The van der Waals surface area contributed by atoms with Crippen LogP contribution in [0.15, 0.2) is 18.2 Å². The average Bonchev–Trinajstić information content (AvgIpc) is 2.59. The van der Waals surface area contributed by atoms with E-state index in [0.717, 1.165) is 45.8 Å². The lowest BCUT2D eigenvalue weighted by atomic mass is 10.1. The van der Waals surface area contributed by atoms with E-state index < -0.39 is 0 Å². The Labute approximate surface area is 138 Å². The van der Waals surface area contributed by atoms with Crippen LogP contribution in [-0.4, -0.2) is 73.2 Å². The van der Waals surface area contributed by atoms with Crippen LogP contribution >= 0.6 is 0 Å². The topological polar surface area (TPSA) is 36.0 Å². The van der Waals surface area contributed by atoms with E-state index in [4.69, 9.17) is 4.74 Å². The molecule has 0 aromatic heterocycles. The Morgan fingerprint density at radius 1 is 0.957 bits per heavy atom. The molecule has 1 aromatic carbocycles. The van der Waals surface area contributed by atoms with Gasteiger partial charge in [0, 0.05) is 45.8 Å². The van der Waals surface area contributed by atoms with E-state index >= 15 is 0 Å². The molecular formula is C18H27N3O2. The second-order valence-corrected chi connectivity index (χ2v) is 6.56. The molecule has 2 aliphatic heterocycles. The second-order valence-electron chi connectivity index (χ2n) is 6.56. The summed E-state index contributed by atoms with van der Waals surface area (Å²) >= 11 is 0. The fourth-order valence-electron chi connectivity index (χ4n) is 3.21. The number of carbonyl (C=O) groups excluding carboxylic acids is 1. The maximum absolute atomic E-state index is 12.5. The minimum Gasteiger partial charge on any atom is -0.378 e. The summed E-state index contributed by atoms with van der Waals surface area (Å²) in [6, 6.07) is 6.87. The van der Waals surface area contributed by atoms with Gasteiger partial charge in [-0.15, -0.1) is 0 Å². The lowest BCUT2D eigenvalue weighted by Crippen LogP contribution is -2.54. The number of benzene rings is 1. The molecule has 0 saturated carbocycles. The molecule has 2 fully saturated rings. The van der Waals surface area contributed by atoms with E-state index in [1.54, 1.807) is 0 Å². The highest BCUT2D eigenvalue weighted by Gasteiger charge is 2.26. The maximum Gasteiger partial charge on any atom is 0.320 e. The van der Waals surface area contributed by atoms with Gasteiger partial charge in [-0.2, -0.15) is 0 Å². The molecule has 0 aliphatic carbocycles. The van der Waals surface area contributed by atoms with Gasteiger partial charge in [-0.25, -0.2) is 4.79 Å². The standard InChI is InChI=1S/C18H27N3O2/c1-15-3-4-17(13-16(15)2)14-19-5-7-20(8-6-19)18(22)21-9-11-23-12-10-21/h3-4,13H,5-12,14H2,1-2H3. The van der Waals surface area contributed by atoms with Crippen LogP contribution in [0.1, 0.15) is 16.7 Å². The molecule has 2 amide bonds. The molecule has 0 unspecified atom stereocenters. The first-order chi connectivity index (χ1) is 11.1. The Hall–Kier alpha value is -1.59. The first-order valence-electron chi connectivity index (χ1n) is 8.53. The lowest BCUT2D eigenvalue weighted by molar-refractivity contribution is 0.0373. The van der Waals surface area contributed by atoms with E-state index in [-0.39, 0.29) is 6.03 Å². The van der Waals surface area contributed by atoms with Crippen molar-refractivity contribution in [2.45, 2.75) is 20.4 Å². The van der Waals surface area contributed by atoms with Crippen LogP contribution in [0.25, 0.3) is 0 Å². The molecule has 5 nitrogen and oxygen atoms in total. The Balaban J connectivity index is 1.49. The van der Waals surface area contributed by atoms with Crippen LogP contribution < -0.4 is 0 Å². The SMILES string of the molecule is Cc1ccc(CN2CCN(C(=O)N3CCOCC3)CC2)cc1C. The van der Waals surface area contributed by atoms with Crippen molar-refractivity contribution in [1.29, 1.82) is 0 Å². The van der Waals surface area contributed by atoms with E-state index in [1.807, 2.05) is 9.80 Å². The zero-order valence-corrected chi connectivity index (χ0v) is 14.3. The van der Waals surface area contributed by atoms with Crippen molar-refractivity contribution in [2.75, 3.05) is 52.5 Å². The summed E-state index contributed by atoms with van der Waals surface area (Å²) in [6.07, 6.45) is 0. The van der Waals surface area contributed by atoms with Crippen molar-refractivity contribution >= 4 is 6.03 Å². The number of hydrogen-bond acceptors (Lipinski definition) is 3. The monoisotopic (exact) mass is 317 g/mol. The summed E-state index contributed by atoms with van der Waals surface area (Å²) in [5.41, 5.74) is 4.05. The second kappa shape index (κ2) is 7.32. The molecule has 0 radical (unpaired) electrons. The van der Waals surface area contributed by atoms with Gasteiger partial charge in [0.15, 0.2) is 0 Å². The molecule has 0 bridgehead atoms. The maximum atomic E-state index is 12.5. The molecule has 0 atom stereocenters. The number of hydrogen-bond donors (Lipinski definition) is 0. The third kappa shape index (κ3) is 4.03. The van der Waals surface area contributed by atoms with Crippen molar-refractivity contribution in [3.05, 3.63) is 34.9 Å². The molecule has 23 heavy (non-hydrogen) atoms. The zero-order chi connectivity index (χ0) is 16.2. The van der Waals surface area contributed by atoms with Gasteiger partial charge in [0.05, 0.1) is 13.2 Å². The van der Waals surface area contributed by atoms with E-state index in [0.29, 0.717) is 13.2 Å². The van der Waals surface area contributed by atoms with E-state index in [1.165, 1.54) is 16.7 Å². The van der Waals surface area contributed by atoms with Crippen molar-refractivity contribution < 1.29 is 9.53 Å². The quantitative estimate of drug-likeness (QED) is 0.835. The van der Waals surface area contributed by atoms with Crippen molar-refractivity contribution in [3.8, 4) is 0 Å². The van der Waals surface area contributed by atoms with Gasteiger partial charge in [0.25, 0.3) is 0 Å². The van der Waals surface area contributed by atoms with Gasteiger partial charge in [-0.1, -0.05) is 18.2 Å². The predicted molar refractivity (Wildman–Crippen MR) is 90.6 cm³/mol. The zero-order valence-electron chi connectivity index (χ0n) is 14.3. The van der Waals surface area contributed by atoms with Crippen LogP contribution in [0.5, 0.6) is 0 Å².